The molecule has 3 aliphatic rings. The van der Waals surface area contributed by atoms with Crippen molar-refractivity contribution in [3.63, 3.8) is 0 Å². The zero-order chi connectivity index (χ0) is 24.2. The molecule has 0 spiro atoms. The number of anilines is 1. The summed E-state index contributed by atoms with van der Waals surface area (Å²) in [6.07, 6.45) is 9.84. The molecule has 0 unspecified atom stereocenters. The van der Waals surface area contributed by atoms with Crippen molar-refractivity contribution in [2.75, 3.05) is 18.4 Å². The Balaban J connectivity index is 1.54. The lowest BCUT2D eigenvalue weighted by Crippen LogP contribution is -2.49. The summed E-state index contributed by atoms with van der Waals surface area (Å²) in [6.45, 7) is 1.20. The molecule has 2 amide bonds. The minimum absolute atomic E-state index is 0.0376. The van der Waals surface area contributed by atoms with E-state index in [4.69, 9.17) is 10.8 Å². The van der Waals surface area contributed by atoms with Crippen LogP contribution in [0.1, 0.15) is 74.6 Å². The van der Waals surface area contributed by atoms with Crippen molar-refractivity contribution >= 4 is 23.5 Å². The Morgan fingerprint density at radius 1 is 1.03 bits per heavy atom. The number of amides is 2. The molecular weight excluding hydrogens is 437 g/mol. The van der Waals surface area contributed by atoms with Gasteiger partial charge in [0.1, 0.15) is 11.9 Å². The third kappa shape index (κ3) is 5.27. The fraction of sp³-hybridized carbons (Fsp3) is 0.654. The number of nitrogens with one attached hydrogen (secondary N) is 1. The Bertz CT molecular complexity index is 909. The van der Waals surface area contributed by atoms with E-state index in [1.807, 2.05) is 0 Å². The van der Waals surface area contributed by atoms with Crippen molar-refractivity contribution in [1.29, 1.82) is 0 Å². The molecule has 0 radical (unpaired) electrons. The molecule has 2 saturated carbocycles. The van der Waals surface area contributed by atoms with Crippen LogP contribution in [0.4, 0.5) is 10.1 Å². The first kappa shape index (κ1) is 24.6. The van der Waals surface area contributed by atoms with E-state index in [2.05, 4.69) is 5.32 Å². The number of hydrogen-bond acceptors (Lipinski definition) is 4. The number of carbonyl (C=O) groups excluding carboxylic acids is 2. The summed E-state index contributed by atoms with van der Waals surface area (Å²) in [7, 11) is 0. The summed E-state index contributed by atoms with van der Waals surface area (Å²) >= 11 is 0. The van der Waals surface area contributed by atoms with E-state index in [-0.39, 0.29) is 34.9 Å². The van der Waals surface area contributed by atoms with Crippen molar-refractivity contribution in [2.24, 2.45) is 29.4 Å². The van der Waals surface area contributed by atoms with Gasteiger partial charge in [0.25, 0.3) is 0 Å². The number of nitrogens with zero attached hydrogens (tertiary/aromatic N) is 1. The van der Waals surface area contributed by atoms with E-state index >= 15 is 0 Å². The highest BCUT2D eigenvalue weighted by molar-refractivity contribution is 5.98. The number of benzene rings is 1. The number of hydrogen-bond donors (Lipinski definition) is 3. The van der Waals surface area contributed by atoms with Crippen molar-refractivity contribution in [1.82, 2.24) is 4.90 Å². The molecule has 1 aliphatic heterocycles. The molecule has 0 aromatic heterocycles. The normalized spacial score (nSPS) is 28.0. The van der Waals surface area contributed by atoms with Crippen LogP contribution in [0.3, 0.4) is 0 Å². The first-order valence-electron chi connectivity index (χ1n) is 12.7. The van der Waals surface area contributed by atoms with Gasteiger partial charge in [-0.25, -0.2) is 9.18 Å². The number of halogens is 1. The third-order valence-corrected chi connectivity index (χ3v) is 8.25. The molecule has 3 fully saturated rings. The number of carboxylic acids is 1. The van der Waals surface area contributed by atoms with Gasteiger partial charge in [-0.3, -0.25) is 9.59 Å². The van der Waals surface area contributed by atoms with Gasteiger partial charge in [-0.2, -0.15) is 0 Å². The monoisotopic (exact) mass is 473 g/mol. The minimum Gasteiger partial charge on any atom is -0.478 e. The highest BCUT2D eigenvalue weighted by atomic mass is 19.1. The topological polar surface area (TPSA) is 113 Å². The predicted octanol–water partition coefficient (Wildman–Crippen LogP) is 4.02. The number of carboxylic acid groups (broad SMARTS) is 1. The van der Waals surface area contributed by atoms with Gasteiger partial charge in [0.15, 0.2) is 0 Å². The maximum absolute atomic E-state index is 14.6. The SMILES string of the molecule is NCC1CCC(C(=O)N2CC[C@@H](C3CCCCC3)[C@H]2C(=O)Nc2ccc(C(=O)O)cc2F)CC1. The predicted molar refractivity (Wildman–Crippen MR) is 127 cm³/mol. The fourth-order valence-electron chi connectivity index (χ4n) is 6.29. The van der Waals surface area contributed by atoms with Gasteiger partial charge < -0.3 is 21.1 Å². The summed E-state index contributed by atoms with van der Waals surface area (Å²) in [5.74, 6) is -1.54. The van der Waals surface area contributed by atoms with Gasteiger partial charge in [0, 0.05) is 12.5 Å². The number of aromatic carboxylic acids is 1. The lowest BCUT2D eigenvalue weighted by molar-refractivity contribution is -0.142. The van der Waals surface area contributed by atoms with Gasteiger partial charge in [0.05, 0.1) is 11.3 Å². The maximum Gasteiger partial charge on any atom is 0.335 e. The highest BCUT2D eigenvalue weighted by Gasteiger charge is 2.46. The van der Waals surface area contributed by atoms with Crippen LogP contribution in [0, 0.1) is 29.5 Å². The smallest absolute Gasteiger partial charge is 0.335 e. The quantitative estimate of drug-likeness (QED) is 0.578. The van der Waals surface area contributed by atoms with Crippen LogP contribution in [0.2, 0.25) is 0 Å². The average Bonchev–Trinajstić information content (AvgIpc) is 3.30. The van der Waals surface area contributed by atoms with E-state index in [0.29, 0.717) is 24.9 Å². The summed E-state index contributed by atoms with van der Waals surface area (Å²) < 4.78 is 14.6. The average molecular weight is 474 g/mol. The molecule has 1 saturated heterocycles. The number of likely N-dealkylation sites (tertiary alicyclic amines) is 1. The molecule has 4 N–H and O–H groups in total. The number of carbonyl (C=O) groups is 3. The molecular formula is C26H36FN3O4. The second-order valence-electron chi connectivity index (χ2n) is 10.3. The molecule has 2 atom stereocenters. The van der Waals surface area contributed by atoms with Crippen LogP contribution in [0.25, 0.3) is 0 Å². The molecule has 186 valence electrons. The van der Waals surface area contributed by atoms with Gasteiger partial charge >= 0.3 is 5.97 Å². The second-order valence-corrected chi connectivity index (χ2v) is 10.3. The van der Waals surface area contributed by atoms with Crippen LogP contribution in [-0.4, -0.2) is 46.9 Å². The first-order chi connectivity index (χ1) is 16.4. The molecule has 7 nitrogen and oxygen atoms in total. The summed E-state index contributed by atoms with van der Waals surface area (Å²) in [6, 6.07) is 2.83. The maximum atomic E-state index is 14.6. The van der Waals surface area contributed by atoms with E-state index < -0.39 is 17.8 Å². The molecule has 1 aromatic carbocycles. The van der Waals surface area contributed by atoms with Gasteiger partial charge in [-0.05, 0) is 74.6 Å². The zero-order valence-corrected chi connectivity index (χ0v) is 19.7. The van der Waals surface area contributed by atoms with Crippen molar-refractivity contribution in [2.45, 2.75) is 70.3 Å². The minimum atomic E-state index is -1.23. The number of rotatable bonds is 6. The Kier molecular flexibility index (Phi) is 7.86. The molecule has 2 aliphatic carbocycles. The summed E-state index contributed by atoms with van der Waals surface area (Å²) in [5, 5.41) is 11.8. The molecule has 34 heavy (non-hydrogen) atoms. The van der Waals surface area contributed by atoms with E-state index in [0.717, 1.165) is 63.9 Å². The van der Waals surface area contributed by atoms with Crippen LogP contribution >= 0.6 is 0 Å². The van der Waals surface area contributed by atoms with Crippen molar-refractivity contribution in [3.8, 4) is 0 Å². The van der Waals surface area contributed by atoms with E-state index in [9.17, 15) is 18.8 Å². The van der Waals surface area contributed by atoms with Crippen molar-refractivity contribution < 1.29 is 23.9 Å². The summed E-state index contributed by atoms with van der Waals surface area (Å²) in [5.41, 5.74) is 5.57. The Labute approximate surface area is 200 Å². The highest BCUT2D eigenvalue weighted by Crippen LogP contribution is 2.41. The second kappa shape index (κ2) is 10.8. The van der Waals surface area contributed by atoms with Gasteiger partial charge in [-0.1, -0.05) is 32.1 Å². The zero-order valence-electron chi connectivity index (χ0n) is 19.7. The van der Waals surface area contributed by atoms with Crippen LogP contribution in [-0.2, 0) is 9.59 Å². The standard InChI is InChI=1S/C26H36FN3O4/c27-21-14-19(26(33)34)10-11-22(21)29-24(31)23-20(17-4-2-1-3-5-17)12-13-30(23)25(32)18-8-6-16(15-28)7-9-18/h10-11,14,16-18,20,23H,1-9,12-13,15,28H2,(H,29,31)(H,33,34)/t16?,18?,20-,23-/m0/s1. The molecule has 0 bridgehead atoms. The fourth-order valence-corrected chi connectivity index (χ4v) is 6.29. The Morgan fingerprint density at radius 2 is 1.74 bits per heavy atom. The van der Waals surface area contributed by atoms with Crippen LogP contribution in [0.15, 0.2) is 18.2 Å². The molecule has 8 heteroatoms. The number of nitrogens with two attached hydrogens (primary N) is 1. The molecule has 4 rings (SSSR count). The van der Waals surface area contributed by atoms with Crippen LogP contribution < -0.4 is 11.1 Å². The summed E-state index contributed by atoms with van der Waals surface area (Å²) in [4.78, 5) is 40.0. The van der Waals surface area contributed by atoms with Gasteiger partial charge in [0.2, 0.25) is 11.8 Å². The Hall–Kier alpha value is -2.48. The lowest BCUT2D eigenvalue weighted by Gasteiger charge is -2.36. The van der Waals surface area contributed by atoms with E-state index in [1.165, 1.54) is 18.6 Å². The first-order valence-corrected chi connectivity index (χ1v) is 12.7. The van der Waals surface area contributed by atoms with Gasteiger partial charge in [-0.15, -0.1) is 0 Å². The van der Waals surface area contributed by atoms with Crippen LogP contribution in [0.5, 0.6) is 0 Å². The third-order valence-electron chi connectivity index (χ3n) is 8.25. The molecule has 1 aromatic rings. The molecule has 1 heterocycles. The van der Waals surface area contributed by atoms with E-state index in [1.54, 1.807) is 4.90 Å². The largest absolute Gasteiger partial charge is 0.478 e. The Morgan fingerprint density at radius 3 is 2.35 bits per heavy atom. The lowest BCUT2D eigenvalue weighted by atomic mass is 9.76. The van der Waals surface area contributed by atoms with Crippen molar-refractivity contribution in [3.05, 3.63) is 29.6 Å².